The minimum Gasteiger partial charge on any atom is -0.469 e. The number of carbonyl (C=O) groups is 2. The fourth-order valence-electron chi connectivity index (χ4n) is 4.85. The molecule has 2 aliphatic rings. The Morgan fingerprint density at radius 3 is 2.17 bits per heavy atom. The van der Waals surface area contributed by atoms with Gasteiger partial charge >= 0.3 is 11.9 Å². The molecule has 152 valence electrons. The first kappa shape index (κ1) is 19.7. The third-order valence-corrected chi connectivity index (χ3v) is 6.37. The smallest absolute Gasteiger partial charge is 0.338 e. The van der Waals surface area contributed by atoms with E-state index in [0.29, 0.717) is 18.4 Å². The maximum atomic E-state index is 12.6. The third kappa shape index (κ3) is 4.07. The number of rotatable bonds is 6. The molecule has 1 atom stereocenters. The first-order chi connectivity index (χ1) is 14.1. The summed E-state index contributed by atoms with van der Waals surface area (Å²) in [6.07, 6.45) is 7.68. The van der Waals surface area contributed by atoms with E-state index >= 15 is 0 Å². The van der Waals surface area contributed by atoms with Gasteiger partial charge in [0, 0.05) is 0 Å². The summed E-state index contributed by atoms with van der Waals surface area (Å²) in [5.74, 6) is -0.903. The molecule has 4 nitrogen and oxygen atoms in total. The quantitative estimate of drug-likeness (QED) is 0.697. The molecule has 4 rings (SSSR count). The second-order valence-corrected chi connectivity index (χ2v) is 8.21. The summed E-state index contributed by atoms with van der Waals surface area (Å²) in [7, 11) is 2.84. The molecule has 0 aliphatic heterocycles. The van der Waals surface area contributed by atoms with Crippen LogP contribution in [0.15, 0.2) is 30.3 Å². The Bertz CT molecular complexity index is 944. The summed E-state index contributed by atoms with van der Waals surface area (Å²) in [5, 5.41) is 0. The van der Waals surface area contributed by atoms with Crippen LogP contribution >= 0.6 is 0 Å². The van der Waals surface area contributed by atoms with E-state index in [1.807, 2.05) is 6.07 Å². The van der Waals surface area contributed by atoms with Gasteiger partial charge in [0.15, 0.2) is 0 Å². The number of ether oxygens (including phenoxy) is 2. The predicted molar refractivity (Wildman–Crippen MR) is 111 cm³/mol. The number of carbonyl (C=O) groups excluding carboxylic acids is 2. The molecule has 0 radical (unpaired) electrons. The highest BCUT2D eigenvalue weighted by molar-refractivity contribution is 5.91. The van der Waals surface area contributed by atoms with Crippen LogP contribution in [0.1, 0.15) is 56.6 Å². The van der Waals surface area contributed by atoms with E-state index in [9.17, 15) is 9.59 Å². The van der Waals surface area contributed by atoms with Crippen LogP contribution in [0.2, 0.25) is 0 Å². The van der Waals surface area contributed by atoms with Gasteiger partial charge in [-0.1, -0.05) is 24.3 Å². The van der Waals surface area contributed by atoms with Crippen molar-refractivity contribution in [1.82, 2.24) is 0 Å². The molecule has 0 N–H and O–H groups in total. The lowest BCUT2D eigenvalue weighted by molar-refractivity contribution is -0.145. The second-order valence-electron chi connectivity index (χ2n) is 8.21. The Labute approximate surface area is 172 Å². The van der Waals surface area contributed by atoms with E-state index in [0.717, 1.165) is 43.2 Å². The molecule has 0 fully saturated rings. The molecule has 0 amide bonds. The van der Waals surface area contributed by atoms with Crippen molar-refractivity contribution in [2.75, 3.05) is 14.2 Å². The van der Waals surface area contributed by atoms with E-state index in [4.69, 9.17) is 9.47 Å². The monoisotopic (exact) mass is 392 g/mol. The predicted octanol–water partition coefficient (Wildman–Crippen LogP) is 4.03. The lowest BCUT2D eigenvalue weighted by Gasteiger charge is -2.18. The van der Waals surface area contributed by atoms with Crippen molar-refractivity contribution in [3.8, 4) is 0 Å². The molecule has 0 heterocycles. The van der Waals surface area contributed by atoms with Crippen molar-refractivity contribution in [3.05, 3.63) is 69.3 Å². The summed E-state index contributed by atoms with van der Waals surface area (Å²) in [5.41, 5.74) is 7.96. The highest BCUT2D eigenvalue weighted by atomic mass is 16.5. The first-order valence-corrected chi connectivity index (χ1v) is 10.5. The minimum absolute atomic E-state index is 0.234. The molecule has 2 aliphatic carbocycles. The topological polar surface area (TPSA) is 52.6 Å². The second kappa shape index (κ2) is 8.40. The Morgan fingerprint density at radius 2 is 1.48 bits per heavy atom. The summed E-state index contributed by atoms with van der Waals surface area (Å²) in [4.78, 5) is 25.0. The van der Waals surface area contributed by atoms with Crippen LogP contribution < -0.4 is 0 Å². The van der Waals surface area contributed by atoms with Gasteiger partial charge in [-0.3, -0.25) is 4.79 Å². The molecule has 0 aromatic heterocycles. The number of fused-ring (bicyclic) bond motifs is 2. The van der Waals surface area contributed by atoms with Crippen LogP contribution in [0, 0.1) is 5.92 Å². The molecule has 0 bridgehead atoms. The average Bonchev–Trinajstić information content (AvgIpc) is 3.39. The van der Waals surface area contributed by atoms with Crippen LogP contribution in [0.25, 0.3) is 0 Å². The van der Waals surface area contributed by atoms with Gasteiger partial charge in [0.1, 0.15) is 0 Å². The molecule has 0 saturated heterocycles. The highest BCUT2D eigenvalue weighted by Gasteiger charge is 2.26. The van der Waals surface area contributed by atoms with Gasteiger partial charge in [-0.05, 0) is 90.8 Å². The van der Waals surface area contributed by atoms with Gasteiger partial charge < -0.3 is 9.47 Å². The molecule has 0 spiro atoms. The minimum atomic E-state index is -0.337. The zero-order valence-corrected chi connectivity index (χ0v) is 17.3. The van der Waals surface area contributed by atoms with E-state index < -0.39 is 0 Å². The Balaban J connectivity index is 1.63. The normalized spacial score (nSPS) is 15.5. The number of aryl methyl sites for hydroxylation is 4. The Morgan fingerprint density at radius 1 is 0.828 bits per heavy atom. The Kier molecular flexibility index (Phi) is 5.70. The third-order valence-electron chi connectivity index (χ3n) is 6.37. The van der Waals surface area contributed by atoms with E-state index in [-0.39, 0.29) is 17.9 Å². The van der Waals surface area contributed by atoms with Crippen molar-refractivity contribution >= 4 is 11.9 Å². The largest absolute Gasteiger partial charge is 0.469 e. The van der Waals surface area contributed by atoms with Crippen molar-refractivity contribution in [2.45, 2.75) is 51.4 Å². The molecule has 2 aromatic rings. The van der Waals surface area contributed by atoms with Gasteiger partial charge in [-0.15, -0.1) is 0 Å². The summed E-state index contributed by atoms with van der Waals surface area (Å²) in [6.45, 7) is 0. The number of benzene rings is 2. The average molecular weight is 392 g/mol. The van der Waals surface area contributed by atoms with Gasteiger partial charge in [0.25, 0.3) is 0 Å². The number of methoxy groups -OCH3 is 2. The maximum absolute atomic E-state index is 12.6. The summed E-state index contributed by atoms with van der Waals surface area (Å²) >= 11 is 0. The molecular formula is C25H28O4. The van der Waals surface area contributed by atoms with E-state index in [2.05, 4.69) is 24.3 Å². The molecular weight excluding hydrogens is 364 g/mol. The zero-order valence-electron chi connectivity index (χ0n) is 17.3. The Hall–Kier alpha value is -2.62. The van der Waals surface area contributed by atoms with Crippen molar-refractivity contribution < 1.29 is 19.1 Å². The van der Waals surface area contributed by atoms with Crippen LogP contribution in [-0.4, -0.2) is 26.2 Å². The molecule has 29 heavy (non-hydrogen) atoms. The number of hydrogen-bond acceptors (Lipinski definition) is 4. The van der Waals surface area contributed by atoms with Gasteiger partial charge in [0.05, 0.1) is 25.7 Å². The fraction of sp³-hybridized carbons (Fsp3) is 0.440. The van der Waals surface area contributed by atoms with Crippen molar-refractivity contribution in [3.63, 3.8) is 0 Å². The SMILES string of the molecule is COC(=O)c1cc2c(cc1C[C@@H](Cc1ccc3c(c1)CCC3)C(=O)OC)CCC2. The van der Waals surface area contributed by atoms with Crippen LogP contribution in [0.3, 0.4) is 0 Å². The van der Waals surface area contributed by atoms with Crippen LogP contribution in [-0.2, 0) is 52.8 Å². The highest BCUT2D eigenvalue weighted by Crippen LogP contribution is 2.29. The van der Waals surface area contributed by atoms with Crippen LogP contribution in [0.4, 0.5) is 0 Å². The first-order valence-electron chi connectivity index (χ1n) is 10.5. The standard InChI is InChI=1S/C25H28O4/c1-28-24(26)22(12-16-9-10-17-5-3-6-18(17)11-16)14-21-13-19-7-4-8-20(19)15-23(21)25(27)29-2/h9-11,13,15,22H,3-8,12,14H2,1-2H3/t22-/m1/s1. The van der Waals surface area contributed by atoms with Crippen molar-refractivity contribution in [1.29, 1.82) is 0 Å². The van der Waals surface area contributed by atoms with Crippen LogP contribution in [0.5, 0.6) is 0 Å². The molecule has 0 saturated carbocycles. The van der Waals surface area contributed by atoms with Gasteiger partial charge in [-0.2, -0.15) is 0 Å². The molecule has 4 heteroatoms. The lowest BCUT2D eigenvalue weighted by Crippen LogP contribution is -2.23. The van der Waals surface area contributed by atoms with Crippen molar-refractivity contribution in [2.24, 2.45) is 5.92 Å². The van der Waals surface area contributed by atoms with Gasteiger partial charge in [-0.25, -0.2) is 4.79 Å². The maximum Gasteiger partial charge on any atom is 0.338 e. The number of hydrogen-bond donors (Lipinski definition) is 0. The number of esters is 2. The summed E-state index contributed by atoms with van der Waals surface area (Å²) < 4.78 is 10.1. The fourth-order valence-corrected chi connectivity index (χ4v) is 4.85. The summed E-state index contributed by atoms with van der Waals surface area (Å²) in [6, 6.07) is 10.6. The molecule has 0 unspecified atom stereocenters. The van der Waals surface area contributed by atoms with E-state index in [1.54, 1.807) is 0 Å². The molecule has 2 aromatic carbocycles. The van der Waals surface area contributed by atoms with Gasteiger partial charge in [0.2, 0.25) is 0 Å². The lowest BCUT2D eigenvalue weighted by atomic mass is 9.88. The van der Waals surface area contributed by atoms with E-state index in [1.165, 1.54) is 42.9 Å². The zero-order chi connectivity index (χ0) is 20.4.